The van der Waals surface area contributed by atoms with Crippen LogP contribution in [0.2, 0.25) is 0 Å². The summed E-state index contributed by atoms with van der Waals surface area (Å²) in [4.78, 5) is 29.6. The molecule has 0 saturated heterocycles. The third-order valence-corrected chi connectivity index (χ3v) is 2.80. The Hall–Kier alpha value is -2.42. The van der Waals surface area contributed by atoms with Crippen molar-refractivity contribution in [2.24, 2.45) is 0 Å². The van der Waals surface area contributed by atoms with E-state index in [-0.39, 0.29) is 5.69 Å². The lowest BCUT2D eigenvalue weighted by molar-refractivity contribution is 0.0532. The van der Waals surface area contributed by atoms with Gasteiger partial charge in [0.15, 0.2) is 5.82 Å². The van der Waals surface area contributed by atoms with Gasteiger partial charge >= 0.3 is 12.1 Å². The molecule has 0 aromatic carbocycles. The largest absolute Gasteiger partial charge is 0.464 e. The second kappa shape index (κ2) is 9.02. The number of nitrogens with zero attached hydrogens (tertiary/aromatic N) is 1. The molecule has 8 nitrogen and oxygen atoms in total. The summed E-state index contributed by atoms with van der Waals surface area (Å²) in [5.41, 5.74) is -0.335. The van der Waals surface area contributed by atoms with Gasteiger partial charge < -0.3 is 25.1 Å². The molecule has 0 fully saturated rings. The Kier molecular flexibility index (Phi) is 7.37. The number of hydrogen-bond acceptors (Lipinski definition) is 7. The van der Waals surface area contributed by atoms with E-state index < -0.39 is 17.7 Å². The van der Waals surface area contributed by atoms with E-state index in [0.29, 0.717) is 23.5 Å². The van der Waals surface area contributed by atoms with E-state index in [1.54, 1.807) is 26.8 Å². The molecule has 0 bridgehead atoms. The van der Waals surface area contributed by atoms with Crippen LogP contribution in [0.3, 0.4) is 0 Å². The lowest BCUT2D eigenvalue weighted by Crippen LogP contribution is -2.32. The molecule has 1 aromatic heterocycles. The van der Waals surface area contributed by atoms with E-state index in [0.717, 1.165) is 0 Å². The van der Waals surface area contributed by atoms with Crippen LogP contribution < -0.4 is 10.6 Å². The maximum absolute atomic E-state index is 11.4. The zero-order valence-corrected chi connectivity index (χ0v) is 15.0. The Labute approximate surface area is 145 Å². The van der Waals surface area contributed by atoms with Gasteiger partial charge in [-0.3, -0.25) is 0 Å². The molecule has 24 heavy (non-hydrogen) atoms. The van der Waals surface area contributed by atoms with Crippen LogP contribution in [0, 0.1) is 4.64 Å². The van der Waals surface area contributed by atoms with Crippen molar-refractivity contribution in [3.8, 4) is 0 Å². The van der Waals surface area contributed by atoms with E-state index in [9.17, 15) is 9.59 Å². The molecule has 1 heterocycles. The summed E-state index contributed by atoms with van der Waals surface area (Å²) in [5.74, 6) is -0.0873. The fourth-order valence-corrected chi connectivity index (χ4v) is 1.75. The maximum Gasteiger partial charge on any atom is 0.407 e. The zero-order chi connectivity index (χ0) is 18.2. The summed E-state index contributed by atoms with van der Waals surface area (Å²) in [5, 5.41) is 5.60. The molecule has 0 aliphatic carbocycles. The standard InChI is InChI=1S/C15H22N4O4S/c1-15(2,3)23-14(21)17-8-6-5-7-16-11-12(24)19-10(9-18-11)13(20)22-4/h5-6,9H,7-8H2,1-4H3,(H,16,18)(H,17,21)(H,19,24)/b6-5+. The number of esters is 1. The lowest BCUT2D eigenvalue weighted by atomic mass is 10.2. The summed E-state index contributed by atoms with van der Waals surface area (Å²) >= 11 is 5.11. The van der Waals surface area contributed by atoms with Crippen LogP contribution in [0.15, 0.2) is 18.3 Å². The Morgan fingerprint density at radius 3 is 2.58 bits per heavy atom. The summed E-state index contributed by atoms with van der Waals surface area (Å²) in [6.45, 7) is 6.20. The van der Waals surface area contributed by atoms with Gasteiger partial charge in [-0.1, -0.05) is 24.4 Å². The number of alkyl carbamates (subject to hydrolysis) is 1. The molecule has 132 valence electrons. The maximum atomic E-state index is 11.4. The smallest absolute Gasteiger partial charge is 0.407 e. The second-order valence-electron chi connectivity index (χ2n) is 5.70. The molecule has 3 N–H and O–H groups in total. The van der Waals surface area contributed by atoms with Crippen LogP contribution in [0.5, 0.6) is 0 Å². The Morgan fingerprint density at radius 2 is 2.00 bits per heavy atom. The molecule has 1 rings (SSSR count). The van der Waals surface area contributed by atoms with Crippen LogP contribution in [0.1, 0.15) is 31.3 Å². The molecule has 0 aliphatic rings. The van der Waals surface area contributed by atoms with Gasteiger partial charge in [0, 0.05) is 13.1 Å². The highest BCUT2D eigenvalue weighted by Crippen LogP contribution is 2.06. The van der Waals surface area contributed by atoms with Gasteiger partial charge in [-0.2, -0.15) is 0 Å². The van der Waals surface area contributed by atoms with Crippen LogP contribution in [0.25, 0.3) is 0 Å². The van der Waals surface area contributed by atoms with Crippen molar-refractivity contribution in [1.29, 1.82) is 0 Å². The van der Waals surface area contributed by atoms with Gasteiger partial charge in [0.25, 0.3) is 0 Å². The second-order valence-corrected chi connectivity index (χ2v) is 6.11. The van der Waals surface area contributed by atoms with Crippen LogP contribution in [-0.2, 0) is 9.47 Å². The average molecular weight is 354 g/mol. The number of hydrogen-bond donors (Lipinski definition) is 3. The summed E-state index contributed by atoms with van der Waals surface area (Å²) < 4.78 is 9.98. The number of anilines is 1. The van der Waals surface area contributed by atoms with Crippen molar-refractivity contribution < 1.29 is 19.1 Å². The zero-order valence-electron chi connectivity index (χ0n) is 14.1. The number of carbonyl (C=O) groups is 2. The Bertz CT molecular complexity index is 664. The number of aromatic amines is 1. The summed E-state index contributed by atoms with van der Waals surface area (Å²) in [6, 6.07) is 0. The molecule has 0 saturated carbocycles. The van der Waals surface area contributed by atoms with E-state index in [1.165, 1.54) is 13.3 Å². The molecule has 0 radical (unpaired) electrons. The minimum absolute atomic E-state index is 0.185. The topological polar surface area (TPSA) is 105 Å². The Balaban J connectivity index is 2.39. The highest BCUT2D eigenvalue weighted by molar-refractivity contribution is 7.71. The minimum Gasteiger partial charge on any atom is -0.464 e. The van der Waals surface area contributed by atoms with Crippen LogP contribution in [0.4, 0.5) is 10.6 Å². The predicted octanol–water partition coefficient (Wildman–Crippen LogP) is 2.42. The van der Waals surface area contributed by atoms with Gasteiger partial charge in [0.1, 0.15) is 15.9 Å². The van der Waals surface area contributed by atoms with E-state index in [2.05, 4.69) is 25.3 Å². The summed E-state index contributed by atoms with van der Waals surface area (Å²) in [7, 11) is 1.28. The fourth-order valence-electron chi connectivity index (χ4n) is 1.52. The Morgan fingerprint density at radius 1 is 1.33 bits per heavy atom. The molecule has 1 aromatic rings. The van der Waals surface area contributed by atoms with E-state index in [4.69, 9.17) is 17.0 Å². The van der Waals surface area contributed by atoms with Crippen molar-refractivity contribution >= 4 is 30.1 Å². The van der Waals surface area contributed by atoms with Crippen molar-refractivity contribution in [1.82, 2.24) is 15.3 Å². The van der Waals surface area contributed by atoms with Crippen LogP contribution >= 0.6 is 12.2 Å². The first-order chi connectivity index (χ1) is 11.2. The number of rotatable bonds is 6. The monoisotopic (exact) mass is 354 g/mol. The van der Waals surface area contributed by atoms with Crippen molar-refractivity contribution in [2.75, 3.05) is 25.5 Å². The number of ether oxygens (including phenoxy) is 2. The average Bonchev–Trinajstić information content (AvgIpc) is 2.49. The molecular weight excluding hydrogens is 332 g/mol. The quantitative estimate of drug-likeness (QED) is 0.409. The first kappa shape index (κ1) is 19.6. The molecular formula is C15H22N4O4S. The highest BCUT2D eigenvalue weighted by Gasteiger charge is 2.14. The first-order valence-electron chi connectivity index (χ1n) is 7.26. The number of carbonyl (C=O) groups excluding carboxylic acids is 2. The van der Waals surface area contributed by atoms with Gasteiger partial charge in [0.2, 0.25) is 0 Å². The third-order valence-electron chi connectivity index (χ3n) is 2.51. The summed E-state index contributed by atoms with van der Waals surface area (Å²) in [6.07, 6.45) is 4.45. The molecule has 0 atom stereocenters. The number of methoxy groups -OCH3 is 1. The number of amides is 1. The molecule has 0 unspecified atom stereocenters. The fraction of sp³-hybridized carbons (Fsp3) is 0.467. The third kappa shape index (κ3) is 7.23. The SMILES string of the molecule is COC(=O)c1cnc(NC/C=C/CNC(=O)OC(C)(C)C)c(=S)[nH]1. The number of H-pyrrole nitrogens is 1. The van der Waals surface area contributed by atoms with E-state index in [1.807, 2.05) is 6.08 Å². The van der Waals surface area contributed by atoms with Crippen LogP contribution in [-0.4, -0.2) is 47.8 Å². The van der Waals surface area contributed by atoms with Crippen molar-refractivity contribution in [3.05, 3.63) is 28.7 Å². The van der Waals surface area contributed by atoms with Gasteiger partial charge in [-0.15, -0.1) is 0 Å². The number of aromatic nitrogens is 2. The highest BCUT2D eigenvalue weighted by atomic mass is 32.1. The van der Waals surface area contributed by atoms with Crippen molar-refractivity contribution in [3.63, 3.8) is 0 Å². The molecule has 9 heteroatoms. The molecule has 0 aliphatic heterocycles. The normalized spacial score (nSPS) is 11.2. The van der Waals surface area contributed by atoms with Gasteiger partial charge in [0.05, 0.1) is 13.3 Å². The van der Waals surface area contributed by atoms with Gasteiger partial charge in [-0.25, -0.2) is 14.6 Å². The molecule has 0 spiro atoms. The van der Waals surface area contributed by atoms with Gasteiger partial charge in [-0.05, 0) is 20.8 Å². The number of nitrogens with one attached hydrogen (secondary N) is 3. The predicted molar refractivity (Wildman–Crippen MR) is 92.6 cm³/mol. The lowest BCUT2D eigenvalue weighted by Gasteiger charge is -2.19. The minimum atomic E-state index is -0.534. The first-order valence-corrected chi connectivity index (χ1v) is 7.67. The molecule has 1 amide bonds. The van der Waals surface area contributed by atoms with E-state index >= 15 is 0 Å². The van der Waals surface area contributed by atoms with Crippen molar-refractivity contribution in [2.45, 2.75) is 26.4 Å².